The first-order chi connectivity index (χ1) is 16.0. The van der Waals surface area contributed by atoms with Gasteiger partial charge in [0.2, 0.25) is 0 Å². The minimum atomic E-state index is -1.03. The van der Waals surface area contributed by atoms with Crippen LogP contribution in [0, 0.1) is 0 Å². The summed E-state index contributed by atoms with van der Waals surface area (Å²) in [5, 5.41) is 9.99. The maximum atomic E-state index is 13.6. The van der Waals surface area contributed by atoms with E-state index in [1.54, 1.807) is 4.90 Å². The molecule has 34 heavy (non-hydrogen) atoms. The number of nitrogen functional groups attached to an aromatic ring is 1. The second-order valence-corrected chi connectivity index (χ2v) is 11.2. The summed E-state index contributed by atoms with van der Waals surface area (Å²) in [6.45, 7) is 7.97. The van der Waals surface area contributed by atoms with Gasteiger partial charge in [0.05, 0.1) is 11.1 Å². The number of thiophene rings is 1. The predicted octanol–water partition coefficient (Wildman–Crippen LogP) is 5.85. The molecular weight excluding hydrogens is 448 g/mol. The Balaban J connectivity index is 1.46. The fourth-order valence-electron chi connectivity index (χ4n) is 5.89. The van der Waals surface area contributed by atoms with Crippen molar-refractivity contribution in [3.05, 3.63) is 75.7 Å². The molecule has 0 saturated carbocycles. The maximum Gasteiger partial charge on any atom is 0.410 e. The van der Waals surface area contributed by atoms with Crippen molar-refractivity contribution >= 4 is 28.4 Å². The summed E-state index contributed by atoms with van der Waals surface area (Å²) < 4.78 is 5.99. The van der Waals surface area contributed by atoms with Gasteiger partial charge in [-0.3, -0.25) is 4.90 Å². The number of carbonyl (C=O) groups excluding carboxylic acids is 1. The molecule has 0 bridgehead atoms. The molecule has 7 heteroatoms. The molecule has 5 rings (SSSR count). The first-order valence-electron chi connectivity index (χ1n) is 11.3. The Bertz CT molecular complexity index is 1280. The molecule has 176 valence electrons. The highest BCUT2D eigenvalue weighted by Gasteiger charge is 2.51. The van der Waals surface area contributed by atoms with Crippen LogP contribution in [0.25, 0.3) is 11.1 Å². The Hall–Kier alpha value is -3.32. The van der Waals surface area contributed by atoms with Crippen molar-refractivity contribution in [1.29, 1.82) is 0 Å². The standard InChI is InChI=1S/C27H28N2O4S/c1-26(2)13-19-21(24(30)31)23(28)34-22(19)27(3,4)29(26)25(32)33-14-20-17-11-7-5-9-15(17)16-10-6-8-12-18(16)20/h5-12,20H,13-14,28H2,1-4H3,(H,30,31). The van der Waals surface area contributed by atoms with Crippen LogP contribution in [0.2, 0.25) is 0 Å². The van der Waals surface area contributed by atoms with Crippen molar-refractivity contribution in [2.24, 2.45) is 0 Å². The van der Waals surface area contributed by atoms with Gasteiger partial charge < -0.3 is 15.6 Å². The molecule has 1 aliphatic heterocycles. The molecule has 1 amide bonds. The first-order valence-corrected chi connectivity index (χ1v) is 12.2. The van der Waals surface area contributed by atoms with E-state index in [-0.39, 0.29) is 23.1 Å². The zero-order chi connectivity index (χ0) is 24.4. The van der Waals surface area contributed by atoms with Crippen molar-refractivity contribution in [3.63, 3.8) is 0 Å². The topological polar surface area (TPSA) is 92.9 Å². The zero-order valence-corrected chi connectivity index (χ0v) is 20.5. The van der Waals surface area contributed by atoms with Crippen LogP contribution in [0.4, 0.5) is 9.80 Å². The summed E-state index contributed by atoms with van der Waals surface area (Å²) in [5.41, 5.74) is 10.2. The number of hydrogen-bond donors (Lipinski definition) is 2. The number of aromatic carboxylic acids is 1. The lowest BCUT2D eigenvalue weighted by Gasteiger charge is -2.51. The van der Waals surface area contributed by atoms with Crippen molar-refractivity contribution in [2.75, 3.05) is 12.3 Å². The number of fused-ring (bicyclic) bond motifs is 4. The van der Waals surface area contributed by atoms with Crippen molar-refractivity contribution in [3.8, 4) is 11.1 Å². The maximum absolute atomic E-state index is 13.6. The summed E-state index contributed by atoms with van der Waals surface area (Å²) >= 11 is 1.25. The van der Waals surface area contributed by atoms with E-state index in [4.69, 9.17) is 10.5 Å². The number of nitrogens with zero attached hydrogens (tertiary/aromatic N) is 1. The fourth-order valence-corrected chi connectivity index (χ4v) is 7.06. The van der Waals surface area contributed by atoms with Crippen LogP contribution in [0.5, 0.6) is 0 Å². The van der Waals surface area contributed by atoms with E-state index >= 15 is 0 Å². The number of carboxylic acid groups (broad SMARTS) is 1. The largest absolute Gasteiger partial charge is 0.478 e. The van der Waals surface area contributed by atoms with E-state index in [0.29, 0.717) is 12.0 Å². The molecule has 0 unspecified atom stereocenters. The molecule has 0 fully saturated rings. The fraction of sp³-hybridized carbons (Fsp3) is 0.333. The number of carboxylic acids is 1. The third-order valence-electron chi connectivity index (χ3n) is 7.10. The molecule has 6 nitrogen and oxygen atoms in total. The van der Waals surface area contributed by atoms with Gasteiger partial charge in [0.1, 0.15) is 11.6 Å². The first kappa shape index (κ1) is 22.5. The van der Waals surface area contributed by atoms with Gasteiger partial charge in [0, 0.05) is 16.3 Å². The number of nitrogens with two attached hydrogens (primary N) is 1. The van der Waals surface area contributed by atoms with Gasteiger partial charge in [-0.15, -0.1) is 11.3 Å². The highest BCUT2D eigenvalue weighted by atomic mass is 32.1. The van der Waals surface area contributed by atoms with Crippen LogP contribution in [0.3, 0.4) is 0 Å². The molecule has 1 aliphatic carbocycles. The van der Waals surface area contributed by atoms with Gasteiger partial charge in [-0.25, -0.2) is 9.59 Å². The van der Waals surface area contributed by atoms with Crippen LogP contribution in [-0.2, 0) is 16.7 Å². The van der Waals surface area contributed by atoms with E-state index in [1.165, 1.54) is 22.5 Å². The van der Waals surface area contributed by atoms with E-state index in [1.807, 2.05) is 52.0 Å². The Labute approximate surface area is 203 Å². The van der Waals surface area contributed by atoms with Gasteiger partial charge in [-0.2, -0.15) is 0 Å². The zero-order valence-electron chi connectivity index (χ0n) is 19.7. The molecule has 0 spiro atoms. The van der Waals surface area contributed by atoms with Gasteiger partial charge in [0.25, 0.3) is 0 Å². The lowest BCUT2D eigenvalue weighted by molar-refractivity contribution is -0.00367. The lowest BCUT2D eigenvalue weighted by Crippen LogP contribution is -2.60. The number of rotatable bonds is 3. The molecule has 0 saturated heterocycles. The number of benzene rings is 2. The summed E-state index contributed by atoms with van der Waals surface area (Å²) in [6.07, 6.45) is -0.0166. The van der Waals surface area contributed by atoms with Crippen molar-refractivity contribution < 1.29 is 19.4 Å². The molecule has 2 aliphatic rings. The summed E-state index contributed by atoms with van der Waals surface area (Å²) in [5.74, 6) is -1.06. The second-order valence-electron chi connectivity index (χ2n) is 10.1. The van der Waals surface area contributed by atoms with E-state index in [2.05, 4.69) is 24.3 Å². The normalized spacial score (nSPS) is 17.6. The van der Waals surface area contributed by atoms with Crippen LogP contribution in [0.1, 0.15) is 65.5 Å². The number of anilines is 1. The average Bonchev–Trinajstić information content (AvgIpc) is 3.26. The molecule has 1 aromatic heterocycles. The second kappa shape index (κ2) is 7.60. The van der Waals surface area contributed by atoms with Crippen LogP contribution >= 0.6 is 11.3 Å². The monoisotopic (exact) mass is 476 g/mol. The Morgan fingerprint density at radius 2 is 1.62 bits per heavy atom. The third-order valence-corrected chi connectivity index (χ3v) is 8.47. The Kier molecular flexibility index (Phi) is 5.02. The summed E-state index contributed by atoms with van der Waals surface area (Å²) in [7, 11) is 0. The van der Waals surface area contributed by atoms with Crippen LogP contribution < -0.4 is 5.73 Å². The van der Waals surface area contributed by atoms with E-state index in [9.17, 15) is 14.7 Å². The molecule has 3 N–H and O–H groups in total. The predicted molar refractivity (Wildman–Crippen MR) is 133 cm³/mol. The number of hydrogen-bond acceptors (Lipinski definition) is 5. The minimum Gasteiger partial charge on any atom is -0.478 e. The highest BCUT2D eigenvalue weighted by molar-refractivity contribution is 7.16. The minimum absolute atomic E-state index is 0.0288. The SMILES string of the molecule is CC1(C)Cc2c(sc(N)c2C(=O)O)C(C)(C)N1C(=O)OCC1c2ccccc2-c2ccccc21. The van der Waals surface area contributed by atoms with Crippen LogP contribution in [-0.4, -0.2) is 34.2 Å². The molecule has 2 aromatic carbocycles. The summed E-state index contributed by atoms with van der Waals surface area (Å²) in [4.78, 5) is 28.0. The highest BCUT2D eigenvalue weighted by Crippen LogP contribution is 2.50. The molecule has 3 aromatic rings. The van der Waals surface area contributed by atoms with Gasteiger partial charge in [0.15, 0.2) is 0 Å². The van der Waals surface area contributed by atoms with E-state index in [0.717, 1.165) is 16.0 Å². The Morgan fingerprint density at radius 3 is 2.18 bits per heavy atom. The number of amides is 1. The Morgan fingerprint density at radius 1 is 1.06 bits per heavy atom. The molecule has 0 radical (unpaired) electrons. The lowest BCUT2D eigenvalue weighted by atomic mass is 9.79. The third kappa shape index (κ3) is 3.21. The molecule has 0 atom stereocenters. The van der Waals surface area contributed by atoms with Crippen LogP contribution in [0.15, 0.2) is 48.5 Å². The van der Waals surface area contributed by atoms with E-state index < -0.39 is 23.1 Å². The van der Waals surface area contributed by atoms with Crippen molar-refractivity contribution in [1.82, 2.24) is 4.90 Å². The van der Waals surface area contributed by atoms with Crippen molar-refractivity contribution in [2.45, 2.75) is 51.1 Å². The quantitative estimate of drug-likeness (QED) is 0.495. The molecule has 2 heterocycles. The average molecular weight is 477 g/mol. The number of ether oxygens (including phenoxy) is 1. The molecular formula is C27H28N2O4S. The summed E-state index contributed by atoms with van der Waals surface area (Å²) in [6, 6.07) is 16.5. The van der Waals surface area contributed by atoms with Gasteiger partial charge in [-0.1, -0.05) is 48.5 Å². The smallest absolute Gasteiger partial charge is 0.410 e. The van der Waals surface area contributed by atoms with Gasteiger partial charge >= 0.3 is 12.1 Å². The van der Waals surface area contributed by atoms with Gasteiger partial charge in [-0.05, 0) is 61.9 Å². The number of carbonyl (C=O) groups is 2.